The van der Waals surface area contributed by atoms with Crippen molar-refractivity contribution in [2.75, 3.05) is 7.11 Å². The number of hydrogen-bond acceptors (Lipinski definition) is 2. The summed E-state index contributed by atoms with van der Waals surface area (Å²) in [6, 6.07) is 0. The Morgan fingerprint density at radius 3 is 2.64 bits per heavy atom. The number of ether oxygens (including phenoxy) is 1. The molecule has 0 aromatic rings. The van der Waals surface area contributed by atoms with Gasteiger partial charge in [0.15, 0.2) is 0 Å². The average molecular weight is 194 g/mol. The molecule has 0 spiro atoms. The number of carbonyl (C=O) groups excluding carboxylic acids is 1. The molecular weight excluding hydrogens is 176 g/mol. The van der Waals surface area contributed by atoms with Crippen molar-refractivity contribution in [2.45, 2.75) is 33.6 Å². The number of allylic oxidation sites excluding steroid dienone is 2. The molecule has 0 rings (SSSR count). The molecule has 0 heterocycles. The zero-order chi connectivity index (χ0) is 11.0. The van der Waals surface area contributed by atoms with E-state index in [4.69, 9.17) is 0 Å². The van der Waals surface area contributed by atoms with E-state index in [2.05, 4.69) is 36.5 Å². The van der Waals surface area contributed by atoms with Crippen molar-refractivity contribution in [3.8, 4) is 11.8 Å². The van der Waals surface area contributed by atoms with Crippen LogP contribution in [0.2, 0.25) is 0 Å². The molecule has 0 aliphatic carbocycles. The summed E-state index contributed by atoms with van der Waals surface area (Å²) in [5.41, 5.74) is 1.32. The van der Waals surface area contributed by atoms with Crippen LogP contribution in [0.1, 0.15) is 33.6 Å². The van der Waals surface area contributed by atoms with Gasteiger partial charge in [-0.05, 0) is 26.7 Å². The molecule has 0 amide bonds. The second-order valence-corrected chi connectivity index (χ2v) is 3.52. The SMILES string of the molecule is COC(=O)C#CC(C)CCC=C(C)C. The Bertz CT molecular complexity index is 262. The highest BCUT2D eigenvalue weighted by molar-refractivity contribution is 5.88. The van der Waals surface area contributed by atoms with Gasteiger partial charge in [-0.2, -0.15) is 0 Å². The van der Waals surface area contributed by atoms with Crippen LogP contribution >= 0.6 is 0 Å². The molecule has 0 radical (unpaired) electrons. The standard InChI is InChI=1S/C12H18O2/c1-10(2)6-5-7-11(3)8-9-12(13)14-4/h6,11H,5,7H2,1-4H3. The zero-order valence-electron chi connectivity index (χ0n) is 9.39. The highest BCUT2D eigenvalue weighted by atomic mass is 16.5. The average Bonchev–Trinajstić information content (AvgIpc) is 2.13. The molecule has 0 fully saturated rings. The van der Waals surface area contributed by atoms with Crippen LogP contribution in [-0.2, 0) is 9.53 Å². The molecule has 0 saturated heterocycles. The van der Waals surface area contributed by atoms with Crippen molar-refractivity contribution < 1.29 is 9.53 Å². The van der Waals surface area contributed by atoms with Crippen LogP contribution in [0.3, 0.4) is 0 Å². The number of rotatable bonds is 3. The molecule has 14 heavy (non-hydrogen) atoms. The molecule has 1 atom stereocenters. The topological polar surface area (TPSA) is 26.3 Å². The van der Waals surface area contributed by atoms with Crippen molar-refractivity contribution >= 4 is 5.97 Å². The summed E-state index contributed by atoms with van der Waals surface area (Å²) in [6.45, 7) is 6.16. The van der Waals surface area contributed by atoms with Crippen LogP contribution in [0.15, 0.2) is 11.6 Å². The molecule has 0 N–H and O–H groups in total. The van der Waals surface area contributed by atoms with Gasteiger partial charge in [0.2, 0.25) is 0 Å². The highest BCUT2D eigenvalue weighted by Gasteiger charge is 1.96. The lowest BCUT2D eigenvalue weighted by Gasteiger charge is -1.99. The maximum absolute atomic E-state index is 10.7. The lowest BCUT2D eigenvalue weighted by atomic mass is 10.1. The lowest BCUT2D eigenvalue weighted by Crippen LogP contribution is -1.97. The highest BCUT2D eigenvalue weighted by Crippen LogP contribution is 2.06. The Labute approximate surface area is 86.3 Å². The summed E-state index contributed by atoms with van der Waals surface area (Å²) in [5, 5.41) is 0. The van der Waals surface area contributed by atoms with Crippen molar-refractivity contribution in [2.24, 2.45) is 5.92 Å². The van der Waals surface area contributed by atoms with E-state index in [1.54, 1.807) is 0 Å². The maximum atomic E-state index is 10.7. The van der Waals surface area contributed by atoms with Gasteiger partial charge < -0.3 is 4.74 Å². The quantitative estimate of drug-likeness (QED) is 0.299. The number of hydrogen-bond donors (Lipinski definition) is 0. The van der Waals surface area contributed by atoms with Crippen molar-refractivity contribution in [1.82, 2.24) is 0 Å². The molecule has 0 aliphatic heterocycles. The van der Waals surface area contributed by atoms with E-state index in [-0.39, 0.29) is 5.92 Å². The van der Waals surface area contributed by atoms with Crippen molar-refractivity contribution in [1.29, 1.82) is 0 Å². The van der Waals surface area contributed by atoms with Gasteiger partial charge in [-0.25, -0.2) is 4.79 Å². The van der Waals surface area contributed by atoms with Crippen LogP contribution < -0.4 is 0 Å². The van der Waals surface area contributed by atoms with E-state index in [1.165, 1.54) is 12.7 Å². The predicted octanol–water partition coefficient (Wildman–Crippen LogP) is 2.55. The molecule has 0 bridgehead atoms. The minimum atomic E-state index is -0.459. The smallest absolute Gasteiger partial charge is 0.384 e. The summed E-state index contributed by atoms with van der Waals surface area (Å²) in [7, 11) is 1.34. The van der Waals surface area contributed by atoms with Gasteiger partial charge in [0.05, 0.1) is 7.11 Å². The van der Waals surface area contributed by atoms with E-state index in [0.717, 1.165) is 12.8 Å². The monoisotopic (exact) mass is 194 g/mol. The van der Waals surface area contributed by atoms with E-state index in [9.17, 15) is 4.79 Å². The van der Waals surface area contributed by atoms with Gasteiger partial charge >= 0.3 is 5.97 Å². The minimum absolute atomic E-state index is 0.240. The minimum Gasteiger partial charge on any atom is -0.459 e. The molecule has 0 saturated carbocycles. The Balaban J connectivity index is 3.84. The van der Waals surface area contributed by atoms with Gasteiger partial charge in [0.25, 0.3) is 0 Å². The third-order valence-corrected chi connectivity index (χ3v) is 1.76. The fourth-order valence-corrected chi connectivity index (χ4v) is 0.927. The second kappa shape index (κ2) is 7.20. The molecule has 0 aromatic heterocycles. The largest absolute Gasteiger partial charge is 0.459 e. The van der Waals surface area contributed by atoms with Gasteiger partial charge in [-0.3, -0.25) is 0 Å². The van der Waals surface area contributed by atoms with Crippen LogP contribution in [0.5, 0.6) is 0 Å². The Morgan fingerprint density at radius 2 is 2.14 bits per heavy atom. The van der Waals surface area contributed by atoms with Gasteiger partial charge in [-0.15, -0.1) is 0 Å². The van der Waals surface area contributed by atoms with Crippen molar-refractivity contribution in [3.05, 3.63) is 11.6 Å². The normalized spacial score (nSPS) is 10.9. The molecule has 2 heteroatoms. The molecule has 1 unspecified atom stereocenters. The summed E-state index contributed by atoms with van der Waals surface area (Å²) >= 11 is 0. The number of esters is 1. The first-order chi connectivity index (χ1) is 6.56. The van der Waals surface area contributed by atoms with Gasteiger partial charge in [0, 0.05) is 11.8 Å². The molecule has 0 aromatic carbocycles. The first-order valence-corrected chi connectivity index (χ1v) is 4.79. The third-order valence-electron chi connectivity index (χ3n) is 1.76. The Kier molecular flexibility index (Phi) is 6.57. The fourth-order valence-electron chi connectivity index (χ4n) is 0.927. The summed E-state index contributed by atoms with van der Waals surface area (Å²) in [4.78, 5) is 10.7. The zero-order valence-corrected chi connectivity index (χ0v) is 9.39. The van der Waals surface area contributed by atoms with Gasteiger partial charge in [-0.1, -0.05) is 24.5 Å². The summed E-state index contributed by atoms with van der Waals surface area (Å²) in [6.07, 6.45) is 4.17. The number of carbonyl (C=O) groups is 1. The molecule has 0 aliphatic rings. The Morgan fingerprint density at radius 1 is 1.50 bits per heavy atom. The van der Waals surface area contributed by atoms with E-state index in [0.29, 0.717) is 0 Å². The first-order valence-electron chi connectivity index (χ1n) is 4.79. The third kappa shape index (κ3) is 7.42. The first kappa shape index (κ1) is 12.8. The lowest BCUT2D eigenvalue weighted by molar-refractivity contribution is -0.133. The molecular formula is C12H18O2. The predicted molar refractivity (Wildman–Crippen MR) is 57.6 cm³/mol. The van der Waals surface area contributed by atoms with E-state index < -0.39 is 5.97 Å². The molecule has 2 nitrogen and oxygen atoms in total. The fraction of sp³-hybridized carbons (Fsp3) is 0.583. The summed E-state index contributed by atoms with van der Waals surface area (Å²) < 4.78 is 4.42. The van der Waals surface area contributed by atoms with E-state index in [1.807, 2.05) is 6.92 Å². The maximum Gasteiger partial charge on any atom is 0.384 e. The summed E-state index contributed by atoms with van der Waals surface area (Å²) in [5.74, 6) is 5.07. The Hall–Kier alpha value is -1.23. The van der Waals surface area contributed by atoms with Crippen LogP contribution in [0.25, 0.3) is 0 Å². The van der Waals surface area contributed by atoms with Crippen LogP contribution in [-0.4, -0.2) is 13.1 Å². The molecule has 78 valence electrons. The number of methoxy groups -OCH3 is 1. The van der Waals surface area contributed by atoms with Crippen molar-refractivity contribution in [3.63, 3.8) is 0 Å². The van der Waals surface area contributed by atoms with Crippen LogP contribution in [0.4, 0.5) is 0 Å². The van der Waals surface area contributed by atoms with Gasteiger partial charge in [0.1, 0.15) is 0 Å². The van der Waals surface area contributed by atoms with Crippen LogP contribution in [0, 0.1) is 17.8 Å². The van der Waals surface area contributed by atoms with E-state index >= 15 is 0 Å². The second-order valence-electron chi connectivity index (χ2n) is 3.52.